The number of nitrogens with zero attached hydrogens (tertiary/aromatic N) is 2. The van der Waals surface area contributed by atoms with Crippen molar-refractivity contribution in [3.05, 3.63) is 29.8 Å². The minimum atomic E-state index is -0.194. The van der Waals surface area contributed by atoms with Gasteiger partial charge in [-0.25, -0.2) is 0 Å². The van der Waals surface area contributed by atoms with Gasteiger partial charge in [-0.2, -0.15) is 5.26 Å². The average molecular weight is 258 g/mol. The molecule has 1 aromatic carbocycles. The van der Waals surface area contributed by atoms with E-state index in [1.165, 1.54) is 0 Å². The highest BCUT2D eigenvalue weighted by Gasteiger charge is 2.47. The summed E-state index contributed by atoms with van der Waals surface area (Å²) in [5.74, 6) is 0. The van der Waals surface area contributed by atoms with E-state index in [4.69, 9.17) is 10.00 Å². The monoisotopic (exact) mass is 258 g/mol. The lowest BCUT2D eigenvalue weighted by atomic mass is 9.93. The molecule has 2 rings (SSSR count). The van der Waals surface area contributed by atoms with Crippen LogP contribution in [-0.4, -0.2) is 24.3 Å². The number of hydrogen-bond acceptors (Lipinski definition) is 3. The number of ether oxygens (including phenoxy) is 1. The fraction of sp³-hybridized carbons (Fsp3) is 0.562. The fourth-order valence-corrected chi connectivity index (χ4v) is 3.11. The third kappa shape index (κ3) is 2.74. The van der Waals surface area contributed by atoms with Crippen LogP contribution in [-0.2, 0) is 4.74 Å². The van der Waals surface area contributed by atoms with Crippen molar-refractivity contribution in [3.8, 4) is 6.07 Å². The molecule has 0 bridgehead atoms. The summed E-state index contributed by atoms with van der Waals surface area (Å²) in [5, 5.41) is 9.00. The van der Waals surface area contributed by atoms with Crippen molar-refractivity contribution in [1.29, 1.82) is 5.26 Å². The van der Waals surface area contributed by atoms with E-state index in [0.717, 1.165) is 12.1 Å². The lowest BCUT2D eigenvalue weighted by Crippen LogP contribution is -2.44. The Morgan fingerprint density at radius 1 is 1.32 bits per heavy atom. The summed E-state index contributed by atoms with van der Waals surface area (Å²) < 4.78 is 6.14. The molecule has 0 amide bonds. The first-order valence-electron chi connectivity index (χ1n) is 6.68. The number of nitriles is 1. The Labute approximate surface area is 115 Å². The molecule has 0 spiro atoms. The fourth-order valence-electron chi connectivity index (χ4n) is 3.11. The Bertz CT molecular complexity index is 514. The van der Waals surface area contributed by atoms with E-state index in [1.54, 1.807) is 0 Å². The van der Waals surface area contributed by atoms with Crippen LogP contribution in [0.5, 0.6) is 0 Å². The highest BCUT2D eigenvalue weighted by atomic mass is 16.5. The van der Waals surface area contributed by atoms with E-state index in [-0.39, 0.29) is 11.2 Å². The van der Waals surface area contributed by atoms with Crippen molar-refractivity contribution in [2.24, 2.45) is 0 Å². The third-order valence-electron chi connectivity index (χ3n) is 3.88. The normalized spacial score (nSPS) is 23.9. The van der Waals surface area contributed by atoms with Gasteiger partial charge in [0.15, 0.2) is 0 Å². The van der Waals surface area contributed by atoms with E-state index in [2.05, 4.69) is 45.7 Å². The first-order chi connectivity index (χ1) is 8.75. The van der Waals surface area contributed by atoms with Gasteiger partial charge in [0.2, 0.25) is 0 Å². The van der Waals surface area contributed by atoms with Crippen LogP contribution < -0.4 is 4.90 Å². The summed E-state index contributed by atoms with van der Waals surface area (Å²) in [6.45, 7) is 8.54. The summed E-state index contributed by atoms with van der Waals surface area (Å²) in [6, 6.07) is 10.2. The van der Waals surface area contributed by atoms with Gasteiger partial charge in [-0.05, 0) is 52.3 Å². The minimum absolute atomic E-state index is 0.102. The molecule has 1 fully saturated rings. The maximum absolute atomic E-state index is 9.00. The van der Waals surface area contributed by atoms with Gasteiger partial charge in [0, 0.05) is 12.7 Å². The lowest BCUT2D eigenvalue weighted by Gasteiger charge is -2.35. The summed E-state index contributed by atoms with van der Waals surface area (Å²) in [5.41, 5.74) is 1.47. The molecule has 0 N–H and O–H groups in total. The van der Waals surface area contributed by atoms with Crippen LogP contribution in [0, 0.1) is 11.3 Å². The second-order valence-electron chi connectivity index (χ2n) is 6.46. The Hall–Kier alpha value is -1.53. The van der Waals surface area contributed by atoms with Crippen molar-refractivity contribution < 1.29 is 4.74 Å². The van der Waals surface area contributed by atoms with Crippen LogP contribution in [0.25, 0.3) is 0 Å². The van der Waals surface area contributed by atoms with Gasteiger partial charge in [-0.1, -0.05) is 6.07 Å². The van der Waals surface area contributed by atoms with Crippen molar-refractivity contribution >= 4 is 5.69 Å². The molecule has 1 saturated heterocycles. The molecule has 3 nitrogen and oxygen atoms in total. The quantitative estimate of drug-likeness (QED) is 0.816. The van der Waals surface area contributed by atoms with E-state index < -0.39 is 0 Å². The van der Waals surface area contributed by atoms with Gasteiger partial charge >= 0.3 is 0 Å². The van der Waals surface area contributed by atoms with E-state index in [9.17, 15) is 0 Å². The van der Waals surface area contributed by atoms with Gasteiger partial charge < -0.3 is 9.64 Å². The molecule has 0 saturated carbocycles. The molecular formula is C16H22N2O. The highest BCUT2D eigenvalue weighted by molar-refractivity contribution is 5.52. The molecule has 1 heterocycles. The van der Waals surface area contributed by atoms with Crippen LogP contribution >= 0.6 is 0 Å². The Morgan fingerprint density at radius 2 is 2.00 bits per heavy atom. The summed E-state index contributed by atoms with van der Waals surface area (Å²) in [4.78, 5) is 2.23. The first kappa shape index (κ1) is 13.9. The molecular weight excluding hydrogens is 236 g/mol. The second-order valence-corrected chi connectivity index (χ2v) is 6.46. The van der Waals surface area contributed by atoms with Gasteiger partial charge in [-0.3, -0.25) is 0 Å². The Kier molecular flexibility index (Phi) is 3.32. The van der Waals surface area contributed by atoms with E-state index in [1.807, 2.05) is 24.3 Å². The molecule has 0 aliphatic carbocycles. The summed E-state index contributed by atoms with van der Waals surface area (Å²) in [6.07, 6.45) is 0.979. The molecule has 0 radical (unpaired) electrons. The smallest absolute Gasteiger partial charge is 0.0992 e. The number of hydrogen-bond donors (Lipinski definition) is 0. The zero-order valence-corrected chi connectivity index (χ0v) is 12.4. The van der Waals surface area contributed by atoms with Gasteiger partial charge in [-0.15, -0.1) is 0 Å². The SMILES string of the molecule is CN(c1cccc(C#N)c1)C1CC(C)(C)OC1(C)C. The maximum Gasteiger partial charge on any atom is 0.0992 e. The molecule has 1 aliphatic heterocycles. The standard InChI is InChI=1S/C16H22N2O/c1-15(2)10-14(16(3,4)19-15)18(5)13-8-6-7-12(9-13)11-17/h6-9,14H,10H2,1-5H3. The third-order valence-corrected chi connectivity index (χ3v) is 3.88. The number of anilines is 1. The average Bonchev–Trinajstić information content (AvgIpc) is 2.56. The predicted molar refractivity (Wildman–Crippen MR) is 77.2 cm³/mol. The molecule has 1 aromatic rings. The van der Waals surface area contributed by atoms with Crippen LogP contribution in [0.15, 0.2) is 24.3 Å². The summed E-state index contributed by atoms with van der Waals surface area (Å²) >= 11 is 0. The minimum Gasteiger partial charge on any atom is -0.369 e. The van der Waals surface area contributed by atoms with Crippen LogP contribution in [0.2, 0.25) is 0 Å². The van der Waals surface area contributed by atoms with Crippen molar-refractivity contribution in [2.45, 2.75) is 51.4 Å². The molecule has 3 heteroatoms. The first-order valence-corrected chi connectivity index (χ1v) is 6.68. The van der Waals surface area contributed by atoms with Crippen molar-refractivity contribution in [1.82, 2.24) is 0 Å². The van der Waals surface area contributed by atoms with E-state index in [0.29, 0.717) is 11.6 Å². The van der Waals surface area contributed by atoms with Gasteiger partial charge in [0.25, 0.3) is 0 Å². The number of benzene rings is 1. The molecule has 1 unspecified atom stereocenters. The number of likely N-dealkylation sites (N-methyl/N-ethyl adjacent to an activating group) is 1. The van der Waals surface area contributed by atoms with Crippen molar-refractivity contribution in [2.75, 3.05) is 11.9 Å². The molecule has 19 heavy (non-hydrogen) atoms. The zero-order chi connectivity index (χ0) is 14.3. The zero-order valence-electron chi connectivity index (χ0n) is 12.4. The second kappa shape index (κ2) is 4.54. The Morgan fingerprint density at radius 3 is 2.53 bits per heavy atom. The molecule has 0 aromatic heterocycles. The maximum atomic E-state index is 9.00. The van der Waals surface area contributed by atoms with Crippen LogP contribution in [0.3, 0.4) is 0 Å². The Balaban J connectivity index is 2.29. The van der Waals surface area contributed by atoms with Crippen LogP contribution in [0.4, 0.5) is 5.69 Å². The molecule has 1 aliphatic rings. The van der Waals surface area contributed by atoms with Gasteiger partial charge in [0.05, 0.1) is 28.9 Å². The summed E-state index contributed by atoms with van der Waals surface area (Å²) in [7, 11) is 2.08. The van der Waals surface area contributed by atoms with Crippen molar-refractivity contribution in [3.63, 3.8) is 0 Å². The molecule has 1 atom stereocenters. The number of rotatable bonds is 2. The van der Waals surface area contributed by atoms with E-state index >= 15 is 0 Å². The molecule has 102 valence electrons. The predicted octanol–water partition coefficient (Wildman–Crippen LogP) is 3.34. The topological polar surface area (TPSA) is 36.3 Å². The lowest BCUT2D eigenvalue weighted by molar-refractivity contribution is -0.0676. The van der Waals surface area contributed by atoms with Gasteiger partial charge in [0.1, 0.15) is 0 Å². The highest BCUT2D eigenvalue weighted by Crippen LogP contribution is 2.41. The largest absolute Gasteiger partial charge is 0.369 e. The van der Waals surface area contributed by atoms with Crippen LogP contribution in [0.1, 0.15) is 39.7 Å².